The third kappa shape index (κ3) is 4.56. The lowest BCUT2D eigenvalue weighted by atomic mass is 10.2. The minimum absolute atomic E-state index is 0.156. The SMILES string of the molecule is CCCCn1c(=O)[nH]c(=O)c2c1nc(COC(=O)C=Cc1ccc(F)cc1)n2CC. The number of nitrogens with zero attached hydrogens (tertiary/aromatic N) is 3. The van der Waals surface area contributed by atoms with Crippen LogP contribution in [0, 0.1) is 5.82 Å². The van der Waals surface area contributed by atoms with Gasteiger partial charge in [0.2, 0.25) is 0 Å². The molecule has 3 aromatic rings. The number of carbonyl (C=O) groups excluding carboxylic acids is 1. The maximum absolute atomic E-state index is 12.9. The Morgan fingerprint density at radius 3 is 2.60 bits per heavy atom. The zero-order valence-electron chi connectivity index (χ0n) is 16.9. The highest BCUT2D eigenvalue weighted by atomic mass is 19.1. The summed E-state index contributed by atoms with van der Waals surface area (Å²) in [6, 6.07) is 5.67. The van der Waals surface area contributed by atoms with Crippen molar-refractivity contribution in [2.45, 2.75) is 46.4 Å². The molecule has 0 atom stereocenters. The first kappa shape index (κ1) is 21.2. The van der Waals surface area contributed by atoms with Gasteiger partial charge in [-0.25, -0.2) is 19.0 Å². The quantitative estimate of drug-likeness (QED) is 0.451. The van der Waals surface area contributed by atoms with Crippen molar-refractivity contribution in [2.75, 3.05) is 0 Å². The fraction of sp³-hybridized carbons (Fsp3) is 0.333. The summed E-state index contributed by atoms with van der Waals surface area (Å²) in [5.74, 6) is -0.593. The van der Waals surface area contributed by atoms with E-state index in [-0.39, 0.29) is 23.6 Å². The second-order valence-corrected chi connectivity index (χ2v) is 6.70. The number of fused-ring (bicyclic) bond motifs is 1. The van der Waals surface area contributed by atoms with E-state index in [4.69, 9.17) is 4.74 Å². The molecule has 158 valence electrons. The summed E-state index contributed by atoms with van der Waals surface area (Å²) in [5, 5.41) is 0. The van der Waals surface area contributed by atoms with Gasteiger partial charge < -0.3 is 9.30 Å². The molecular weight excluding hydrogens is 391 g/mol. The first-order valence-electron chi connectivity index (χ1n) is 9.77. The molecule has 0 aliphatic heterocycles. The summed E-state index contributed by atoms with van der Waals surface area (Å²) in [7, 11) is 0. The summed E-state index contributed by atoms with van der Waals surface area (Å²) in [5.41, 5.74) is 0.187. The zero-order valence-corrected chi connectivity index (χ0v) is 16.9. The maximum Gasteiger partial charge on any atom is 0.331 e. The van der Waals surface area contributed by atoms with Gasteiger partial charge in [-0.05, 0) is 37.1 Å². The van der Waals surface area contributed by atoms with Crippen molar-refractivity contribution in [3.05, 3.63) is 68.4 Å². The number of hydrogen-bond donors (Lipinski definition) is 1. The average Bonchev–Trinajstić information content (AvgIpc) is 3.10. The van der Waals surface area contributed by atoms with Crippen LogP contribution in [0.4, 0.5) is 4.39 Å². The number of carbonyl (C=O) groups is 1. The predicted molar refractivity (Wildman–Crippen MR) is 110 cm³/mol. The fourth-order valence-electron chi connectivity index (χ4n) is 3.11. The molecule has 0 aliphatic carbocycles. The number of aromatic amines is 1. The van der Waals surface area contributed by atoms with Gasteiger partial charge >= 0.3 is 11.7 Å². The molecule has 0 spiro atoms. The molecule has 0 fully saturated rings. The third-order valence-electron chi connectivity index (χ3n) is 4.64. The van der Waals surface area contributed by atoms with Gasteiger partial charge in [-0.2, -0.15) is 0 Å². The number of nitrogens with one attached hydrogen (secondary N) is 1. The van der Waals surface area contributed by atoms with Gasteiger partial charge in [-0.1, -0.05) is 25.5 Å². The number of aryl methyl sites for hydroxylation is 2. The van der Waals surface area contributed by atoms with Crippen molar-refractivity contribution >= 4 is 23.2 Å². The maximum atomic E-state index is 12.9. The third-order valence-corrected chi connectivity index (χ3v) is 4.64. The summed E-state index contributed by atoms with van der Waals surface area (Å²) in [6.45, 7) is 4.54. The molecule has 1 N–H and O–H groups in total. The smallest absolute Gasteiger partial charge is 0.331 e. The highest BCUT2D eigenvalue weighted by Crippen LogP contribution is 2.13. The van der Waals surface area contributed by atoms with E-state index in [2.05, 4.69) is 9.97 Å². The molecule has 9 heteroatoms. The van der Waals surface area contributed by atoms with Gasteiger partial charge in [0.1, 0.15) is 18.2 Å². The molecule has 2 heterocycles. The van der Waals surface area contributed by atoms with Crippen molar-refractivity contribution in [3.8, 4) is 0 Å². The summed E-state index contributed by atoms with van der Waals surface area (Å²) in [4.78, 5) is 43.4. The number of benzene rings is 1. The first-order chi connectivity index (χ1) is 14.4. The van der Waals surface area contributed by atoms with Crippen LogP contribution in [0.2, 0.25) is 0 Å². The Hall–Kier alpha value is -3.49. The molecule has 0 unspecified atom stereocenters. The van der Waals surface area contributed by atoms with Crippen LogP contribution in [0.25, 0.3) is 17.2 Å². The second-order valence-electron chi connectivity index (χ2n) is 6.70. The molecule has 0 saturated heterocycles. The van der Waals surface area contributed by atoms with E-state index in [0.29, 0.717) is 24.5 Å². The Labute approximate surface area is 171 Å². The first-order valence-corrected chi connectivity index (χ1v) is 9.77. The normalized spacial score (nSPS) is 11.4. The summed E-state index contributed by atoms with van der Waals surface area (Å²) < 4.78 is 21.3. The van der Waals surface area contributed by atoms with E-state index in [1.807, 2.05) is 13.8 Å². The zero-order chi connectivity index (χ0) is 21.7. The monoisotopic (exact) mass is 414 g/mol. The van der Waals surface area contributed by atoms with Crippen molar-refractivity contribution in [2.24, 2.45) is 0 Å². The van der Waals surface area contributed by atoms with Crippen molar-refractivity contribution in [1.82, 2.24) is 19.1 Å². The summed E-state index contributed by atoms with van der Waals surface area (Å²) in [6.07, 6.45) is 4.39. The van der Waals surface area contributed by atoms with Crippen LogP contribution in [0.5, 0.6) is 0 Å². The standard InChI is InChI=1S/C21H23FN4O4/c1-3-5-12-26-19-18(20(28)24-21(26)29)25(4-2)16(23-19)13-30-17(27)11-8-14-6-9-15(22)10-7-14/h6-11H,3-5,12-13H2,1-2H3,(H,24,28,29). The van der Waals surface area contributed by atoms with Crippen LogP contribution in [0.15, 0.2) is 39.9 Å². The molecule has 0 saturated carbocycles. The topological polar surface area (TPSA) is 99.0 Å². The molecule has 3 rings (SSSR count). The Morgan fingerprint density at radius 2 is 1.93 bits per heavy atom. The number of aromatic nitrogens is 4. The van der Waals surface area contributed by atoms with E-state index < -0.39 is 17.2 Å². The number of unbranched alkanes of at least 4 members (excludes halogenated alkanes) is 1. The van der Waals surface area contributed by atoms with E-state index in [0.717, 1.165) is 12.8 Å². The Bertz CT molecular complexity index is 1190. The molecule has 2 aromatic heterocycles. The van der Waals surface area contributed by atoms with Gasteiger partial charge in [-0.3, -0.25) is 14.3 Å². The van der Waals surface area contributed by atoms with Crippen molar-refractivity contribution in [3.63, 3.8) is 0 Å². The van der Waals surface area contributed by atoms with Crippen LogP contribution in [0.1, 0.15) is 38.1 Å². The van der Waals surface area contributed by atoms with Gasteiger partial charge in [-0.15, -0.1) is 0 Å². The minimum atomic E-state index is -0.605. The fourth-order valence-corrected chi connectivity index (χ4v) is 3.11. The van der Waals surface area contributed by atoms with Crippen LogP contribution < -0.4 is 11.2 Å². The number of hydrogen-bond acceptors (Lipinski definition) is 5. The van der Waals surface area contributed by atoms with Gasteiger partial charge in [0.15, 0.2) is 11.2 Å². The van der Waals surface area contributed by atoms with Crippen molar-refractivity contribution < 1.29 is 13.9 Å². The Kier molecular flexibility index (Phi) is 6.61. The molecule has 0 aliphatic rings. The lowest BCUT2D eigenvalue weighted by Crippen LogP contribution is -2.31. The van der Waals surface area contributed by atoms with Gasteiger partial charge in [0.05, 0.1) is 0 Å². The number of rotatable bonds is 8. The number of esters is 1. The van der Waals surface area contributed by atoms with Crippen LogP contribution in [-0.4, -0.2) is 25.1 Å². The lowest BCUT2D eigenvalue weighted by Gasteiger charge is -2.06. The van der Waals surface area contributed by atoms with E-state index in [1.54, 1.807) is 4.57 Å². The number of H-pyrrole nitrogens is 1. The highest BCUT2D eigenvalue weighted by molar-refractivity contribution is 5.87. The summed E-state index contributed by atoms with van der Waals surface area (Å²) >= 11 is 0. The van der Waals surface area contributed by atoms with E-state index >= 15 is 0 Å². The number of imidazole rings is 1. The van der Waals surface area contributed by atoms with Gasteiger partial charge in [0.25, 0.3) is 5.56 Å². The second kappa shape index (κ2) is 9.34. The predicted octanol–water partition coefficient (Wildman–Crippen LogP) is 2.60. The molecule has 1 aromatic carbocycles. The minimum Gasteiger partial charge on any atom is -0.454 e. The lowest BCUT2D eigenvalue weighted by molar-refractivity contribution is -0.139. The van der Waals surface area contributed by atoms with Crippen molar-refractivity contribution in [1.29, 1.82) is 0 Å². The number of halogens is 1. The molecule has 30 heavy (non-hydrogen) atoms. The van der Waals surface area contributed by atoms with Crippen LogP contribution in [-0.2, 0) is 29.2 Å². The van der Waals surface area contributed by atoms with Crippen LogP contribution in [0.3, 0.4) is 0 Å². The van der Waals surface area contributed by atoms with E-state index in [9.17, 15) is 18.8 Å². The molecule has 0 amide bonds. The molecule has 8 nitrogen and oxygen atoms in total. The van der Waals surface area contributed by atoms with E-state index in [1.165, 1.54) is 41.0 Å². The highest BCUT2D eigenvalue weighted by Gasteiger charge is 2.18. The van der Waals surface area contributed by atoms with Crippen LogP contribution >= 0.6 is 0 Å². The molecule has 0 radical (unpaired) electrons. The van der Waals surface area contributed by atoms with Gasteiger partial charge in [0, 0.05) is 19.2 Å². The average molecular weight is 414 g/mol. The number of ether oxygens (including phenoxy) is 1. The Balaban J connectivity index is 1.84. The largest absolute Gasteiger partial charge is 0.454 e. The molecular formula is C21H23FN4O4. The Morgan fingerprint density at radius 1 is 1.20 bits per heavy atom. The molecule has 0 bridgehead atoms.